The Balaban J connectivity index is 1.57. The molecule has 1 aromatic rings. The van der Waals surface area contributed by atoms with Crippen LogP contribution in [0.3, 0.4) is 0 Å². The zero-order chi connectivity index (χ0) is 24.0. The number of phenolic OH excluding ortho intramolecular Hbond substituents is 1. The summed E-state index contributed by atoms with van der Waals surface area (Å²) in [5, 5.41) is 17.0. The number of aromatic hydroxyl groups is 1. The molecule has 33 heavy (non-hydrogen) atoms. The molecule has 3 fully saturated rings. The van der Waals surface area contributed by atoms with E-state index in [2.05, 4.69) is 17.6 Å². The van der Waals surface area contributed by atoms with Crippen LogP contribution in [-0.4, -0.2) is 85.1 Å². The first-order valence-electron chi connectivity index (χ1n) is 11.4. The van der Waals surface area contributed by atoms with Crippen molar-refractivity contribution in [2.45, 2.75) is 61.5 Å². The number of nitrogens with one attached hydrogen (secondary N) is 2. The molecular formula is C22H31ClN4O5S. The van der Waals surface area contributed by atoms with Crippen molar-refractivity contribution < 1.29 is 23.1 Å². The van der Waals surface area contributed by atoms with Gasteiger partial charge in [0.15, 0.2) is 5.75 Å². The van der Waals surface area contributed by atoms with Gasteiger partial charge in [-0.05, 0) is 38.9 Å². The Kier molecular flexibility index (Phi) is 6.76. The molecule has 0 spiro atoms. The normalized spacial score (nSPS) is 26.8. The fraction of sp³-hybridized carbons (Fsp3) is 0.636. The number of piperazine rings is 1. The topological polar surface area (TPSA) is 119 Å². The highest BCUT2D eigenvalue weighted by molar-refractivity contribution is 7.89. The molecule has 2 unspecified atom stereocenters. The molecule has 3 aliphatic rings. The molecule has 0 aromatic heterocycles. The van der Waals surface area contributed by atoms with Crippen molar-refractivity contribution in [1.29, 1.82) is 0 Å². The first-order chi connectivity index (χ1) is 15.5. The minimum absolute atomic E-state index is 0.0542. The molecule has 4 rings (SSSR count). The summed E-state index contributed by atoms with van der Waals surface area (Å²) in [6.07, 6.45) is 5.10. The van der Waals surface area contributed by atoms with Crippen LogP contribution in [0.1, 0.15) is 39.0 Å². The molecule has 1 heterocycles. The number of benzene rings is 1. The van der Waals surface area contributed by atoms with Gasteiger partial charge in [0.2, 0.25) is 21.6 Å². The van der Waals surface area contributed by atoms with Gasteiger partial charge in [-0.2, -0.15) is 4.31 Å². The van der Waals surface area contributed by atoms with Crippen LogP contribution in [0.5, 0.6) is 5.75 Å². The van der Waals surface area contributed by atoms with Crippen molar-refractivity contribution in [2.75, 3.05) is 38.5 Å². The smallest absolute Gasteiger partial charge is 0.248 e. The molecule has 0 amide bonds. The first kappa shape index (κ1) is 24.4. The molecule has 0 bridgehead atoms. The van der Waals surface area contributed by atoms with Gasteiger partial charge >= 0.3 is 0 Å². The Labute approximate surface area is 199 Å². The van der Waals surface area contributed by atoms with E-state index in [1.54, 1.807) is 0 Å². The van der Waals surface area contributed by atoms with Gasteiger partial charge in [0.25, 0.3) is 0 Å². The number of anilines is 1. The second-order valence-corrected chi connectivity index (χ2v) is 11.9. The number of Topliss-reactive ketones (excluding diaryl/α,β-unsaturated/α-hetero) is 2. The van der Waals surface area contributed by atoms with E-state index in [4.69, 9.17) is 11.6 Å². The van der Waals surface area contributed by atoms with Crippen molar-refractivity contribution in [3.05, 3.63) is 17.2 Å². The highest BCUT2D eigenvalue weighted by atomic mass is 35.5. The average Bonchev–Trinajstić information content (AvgIpc) is 2.78. The fourth-order valence-corrected chi connectivity index (χ4v) is 6.91. The van der Waals surface area contributed by atoms with Gasteiger partial charge in [0.05, 0.1) is 10.7 Å². The van der Waals surface area contributed by atoms with Gasteiger partial charge in [0.1, 0.15) is 17.0 Å². The number of hydrogen-bond acceptors (Lipinski definition) is 8. The standard InChI is InChI=1S/C22H31ClN4O5S/c1-22(8-4-3-5-9-22)25-17-16(19(29)20(17)30)24-15-7-6-14(23)21(18(15)28)33(31,32)27-12-10-26(2)11-13-27/h6-7,16-17,24-25,28H,3-5,8-13H2,1-2H3. The van der Waals surface area contributed by atoms with Crippen molar-refractivity contribution >= 4 is 38.9 Å². The van der Waals surface area contributed by atoms with Crippen LogP contribution in [0.4, 0.5) is 5.69 Å². The number of likely N-dealkylation sites (N-methyl/N-ethyl adjacent to an activating group) is 1. The maximum atomic E-state index is 13.2. The third-order valence-corrected chi connectivity index (χ3v) is 9.46. The number of rotatable bonds is 6. The predicted molar refractivity (Wildman–Crippen MR) is 125 cm³/mol. The Morgan fingerprint density at radius 1 is 1.03 bits per heavy atom. The molecule has 1 saturated heterocycles. The van der Waals surface area contributed by atoms with Crippen LogP contribution in [0.15, 0.2) is 17.0 Å². The lowest BCUT2D eigenvalue weighted by Crippen LogP contribution is -2.70. The molecule has 2 atom stereocenters. The van der Waals surface area contributed by atoms with Gasteiger partial charge < -0.3 is 15.3 Å². The van der Waals surface area contributed by atoms with Crippen molar-refractivity contribution in [3.8, 4) is 5.75 Å². The molecule has 2 aliphatic carbocycles. The molecule has 1 aliphatic heterocycles. The van der Waals surface area contributed by atoms with Crippen molar-refractivity contribution in [1.82, 2.24) is 14.5 Å². The molecule has 0 radical (unpaired) electrons. The number of sulfonamides is 1. The van der Waals surface area contributed by atoms with E-state index in [-0.39, 0.29) is 34.2 Å². The molecule has 11 heteroatoms. The summed E-state index contributed by atoms with van der Waals surface area (Å²) in [4.78, 5) is 26.3. The molecule has 182 valence electrons. The lowest BCUT2D eigenvalue weighted by Gasteiger charge is -2.43. The third kappa shape index (κ3) is 4.64. The summed E-state index contributed by atoms with van der Waals surface area (Å²) < 4.78 is 27.8. The van der Waals surface area contributed by atoms with Crippen molar-refractivity contribution in [2.24, 2.45) is 0 Å². The number of carbonyl (C=O) groups is 2. The monoisotopic (exact) mass is 498 g/mol. The van der Waals surface area contributed by atoms with E-state index in [0.29, 0.717) is 13.1 Å². The summed E-state index contributed by atoms with van der Waals surface area (Å²) >= 11 is 6.21. The van der Waals surface area contributed by atoms with E-state index in [0.717, 1.165) is 32.1 Å². The minimum atomic E-state index is -4.05. The number of nitrogens with zero attached hydrogens (tertiary/aromatic N) is 2. The van der Waals surface area contributed by atoms with E-state index in [9.17, 15) is 23.1 Å². The van der Waals surface area contributed by atoms with E-state index in [1.807, 2.05) is 11.9 Å². The lowest BCUT2D eigenvalue weighted by atomic mass is 9.77. The number of phenols is 1. The lowest BCUT2D eigenvalue weighted by molar-refractivity contribution is -0.146. The summed E-state index contributed by atoms with van der Waals surface area (Å²) in [5.41, 5.74) is -0.185. The zero-order valence-electron chi connectivity index (χ0n) is 18.9. The number of halogens is 1. The average molecular weight is 499 g/mol. The summed E-state index contributed by atoms with van der Waals surface area (Å²) in [5.74, 6) is -1.64. The van der Waals surface area contributed by atoms with Crippen LogP contribution >= 0.6 is 11.6 Å². The van der Waals surface area contributed by atoms with Crippen LogP contribution in [0.2, 0.25) is 5.02 Å². The molecule has 2 saturated carbocycles. The molecular weight excluding hydrogens is 468 g/mol. The zero-order valence-corrected chi connectivity index (χ0v) is 20.5. The van der Waals surface area contributed by atoms with Gasteiger partial charge in [-0.3, -0.25) is 14.9 Å². The SMILES string of the molecule is CN1CCN(S(=O)(=O)c2c(Cl)ccc(NC3C(=O)C(=O)C3NC3(C)CCCCC3)c2O)CC1. The summed E-state index contributed by atoms with van der Waals surface area (Å²) in [7, 11) is -2.14. The predicted octanol–water partition coefficient (Wildman–Crippen LogP) is 1.59. The van der Waals surface area contributed by atoms with Crippen molar-refractivity contribution in [3.63, 3.8) is 0 Å². The van der Waals surface area contributed by atoms with Gasteiger partial charge in [-0.25, -0.2) is 8.42 Å². The Morgan fingerprint density at radius 3 is 2.27 bits per heavy atom. The van der Waals surface area contributed by atoms with E-state index in [1.165, 1.54) is 16.4 Å². The minimum Gasteiger partial charge on any atom is -0.504 e. The fourth-order valence-electron chi connectivity index (χ4n) is 4.90. The van der Waals surface area contributed by atoms with Crippen LogP contribution in [0.25, 0.3) is 0 Å². The van der Waals surface area contributed by atoms with Crippen LogP contribution in [-0.2, 0) is 19.6 Å². The second kappa shape index (κ2) is 9.14. The Bertz CT molecular complexity index is 1050. The third-order valence-electron chi connectivity index (χ3n) is 7.06. The maximum absolute atomic E-state index is 13.2. The van der Waals surface area contributed by atoms with Crippen LogP contribution in [0, 0.1) is 0 Å². The summed E-state index contributed by atoms with van der Waals surface area (Å²) in [6, 6.07) is 1.19. The number of carbonyl (C=O) groups excluding carboxylic acids is 2. The van der Waals surface area contributed by atoms with Gasteiger partial charge in [-0.1, -0.05) is 30.9 Å². The molecule has 3 N–H and O–H groups in total. The largest absolute Gasteiger partial charge is 0.504 e. The van der Waals surface area contributed by atoms with Gasteiger partial charge in [0, 0.05) is 31.7 Å². The highest BCUT2D eigenvalue weighted by Crippen LogP contribution is 2.40. The van der Waals surface area contributed by atoms with E-state index < -0.39 is 39.4 Å². The van der Waals surface area contributed by atoms with E-state index >= 15 is 0 Å². The summed E-state index contributed by atoms with van der Waals surface area (Å²) in [6.45, 7) is 3.76. The quantitative estimate of drug-likeness (QED) is 0.399. The molecule has 9 nitrogen and oxygen atoms in total. The Hall–Kier alpha value is -1.72. The highest BCUT2D eigenvalue weighted by Gasteiger charge is 2.51. The maximum Gasteiger partial charge on any atom is 0.248 e. The molecule has 1 aromatic carbocycles. The number of ketones is 2. The number of hydrogen-bond donors (Lipinski definition) is 3. The van der Waals surface area contributed by atoms with Gasteiger partial charge in [-0.15, -0.1) is 0 Å². The second-order valence-electron chi connectivity index (χ2n) is 9.57. The first-order valence-corrected chi connectivity index (χ1v) is 13.2. The Morgan fingerprint density at radius 2 is 1.64 bits per heavy atom. The van der Waals surface area contributed by atoms with Crippen LogP contribution < -0.4 is 10.6 Å².